The van der Waals surface area contributed by atoms with Gasteiger partial charge in [0.05, 0.1) is 12.2 Å². The number of fused-ring (bicyclic) bond motifs is 1. The van der Waals surface area contributed by atoms with Gasteiger partial charge in [0.1, 0.15) is 34.8 Å². The normalized spacial score (nSPS) is 21.6. The van der Waals surface area contributed by atoms with Crippen LogP contribution in [0, 0.1) is 5.92 Å². The second kappa shape index (κ2) is 6.48. The standard InChI is InChI=1S/C20H20N8O2/c1-11-6-27(20(29)14-4-13-5-21-9-22-19(13)24-14)8-16(11)28-7-15(25-26-28)17-18(12-2-3-12)30-10-23-17/h4-5,7,9-12,16H,2-3,6,8H2,1H3,(H,21,22,24)/t11-,16-/m1/s1. The highest BCUT2D eigenvalue weighted by Crippen LogP contribution is 2.43. The molecule has 1 N–H and O–H groups in total. The van der Waals surface area contributed by atoms with Gasteiger partial charge in [0, 0.05) is 30.6 Å². The summed E-state index contributed by atoms with van der Waals surface area (Å²) in [7, 11) is 0. The van der Waals surface area contributed by atoms with E-state index >= 15 is 0 Å². The van der Waals surface area contributed by atoms with Crippen molar-refractivity contribution in [2.45, 2.75) is 31.7 Å². The largest absolute Gasteiger partial charge is 0.447 e. The highest BCUT2D eigenvalue weighted by molar-refractivity contribution is 5.97. The minimum Gasteiger partial charge on any atom is -0.447 e. The number of oxazole rings is 1. The van der Waals surface area contributed by atoms with Crippen molar-refractivity contribution < 1.29 is 9.21 Å². The summed E-state index contributed by atoms with van der Waals surface area (Å²) < 4.78 is 7.42. The molecular weight excluding hydrogens is 384 g/mol. The number of carbonyl (C=O) groups is 1. The quantitative estimate of drug-likeness (QED) is 0.555. The van der Waals surface area contributed by atoms with E-state index in [1.807, 2.05) is 15.8 Å². The maximum Gasteiger partial charge on any atom is 0.270 e. The number of hydrogen-bond acceptors (Lipinski definition) is 7. The average Bonchev–Trinajstić information content (AvgIpc) is 3.17. The van der Waals surface area contributed by atoms with Crippen LogP contribution in [0.1, 0.15) is 48.0 Å². The van der Waals surface area contributed by atoms with Crippen LogP contribution in [0.3, 0.4) is 0 Å². The number of nitrogens with zero attached hydrogens (tertiary/aromatic N) is 7. The molecular formula is C20H20N8O2. The van der Waals surface area contributed by atoms with E-state index in [1.54, 1.807) is 12.3 Å². The van der Waals surface area contributed by atoms with E-state index in [0.29, 0.717) is 30.3 Å². The van der Waals surface area contributed by atoms with Crippen LogP contribution in [-0.4, -0.2) is 58.8 Å². The molecule has 0 unspecified atom stereocenters. The van der Waals surface area contributed by atoms with E-state index in [4.69, 9.17) is 4.42 Å². The van der Waals surface area contributed by atoms with Gasteiger partial charge >= 0.3 is 0 Å². The van der Waals surface area contributed by atoms with Gasteiger partial charge in [-0.2, -0.15) is 0 Å². The molecule has 4 aromatic heterocycles. The van der Waals surface area contributed by atoms with E-state index in [2.05, 4.69) is 37.2 Å². The molecule has 4 aromatic rings. The molecule has 30 heavy (non-hydrogen) atoms. The zero-order valence-corrected chi connectivity index (χ0v) is 16.4. The molecule has 1 saturated carbocycles. The molecule has 1 amide bonds. The lowest BCUT2D eigenvalue weighted by molar-refractivity contribution is 0.0779. The minimum atomic E-state index is -0.0461. The maximum atomic E-state index is 13.0. The molecule has 1 saturated heterocycles. The van der Waals surface area contributed by atoms with Gasteiger partial charge in [-0.05, 0) is 24.8 Å². The summed E-state index contributed by atoms with van der Waals surface area (Å²) in [6.45, 7) is 3.34. The number of rotatable bonds is 4. The van der Waals surface area contributed by atoms with Crippen molar-refractivity contribution in [3.05, 3.63) is 42.6 Å². The van der Waals surface area contributed by atoms with Crippen molar-refractivity contribution in [3.63, 3.8) is 0 Å². The Labute approximate surface area is 171 Å². The highest BCUT2D eigenvalue weighted by atomic mass is 16.3. The first-order valence-electron chi connectivity index (χ1n) is 10.1. The summed E-state index contributed by atoms with van der Waals surface area (Å²) in [4.78, 5) is 30.5. The van der Waals surface area contributed by atoms with Gasteiger partial charge < -0.3 is 14.3 Å². The minimum absolute atomic E-state index is 0.0461. The molecule has 10 nitrogen and oxygen atoms in total. The van der Waals surface area contributed by atoms with Crippen molar-refractivity contribution in [1.29, 1.82) is 0 Å². The molecule has 10 heteroatoms. The van der Waals surface area contributed by atoms with E-state index in [-0.39, 0.29) is 17.9 Å². The van der Waals surface area contributed by atoms with Crippen LogP contribution in [-0.2, 0) is 0 Å². The first-order valence-corrected chi connectivity index (χ1v) is 10.1. The lowest BCUT2D eigenvalue weighted by Gasteiger charge is -2.15. The number of aromatic nitrogens is 7. The van der Waals surface area contributed by atoms with Gasteiger partial charge in [0.2, 0.25) is 0 Å². The highest BCUT2D eigenvalue weighted by Gasteiger charge is 2.36. The Kier molecular flexibility index (Phi) is 3.74. The van der Waals surface area contributed by atoms with Gasteiger partial charge in [-0.1, -0.05) is 12.1 Å². The molecule has 2 aliphatic rings. The van der Waals surface area contributed by atoms with Crippen molar-refractivity contribution >= 4 is 16.9 Å². The van der Waals surface area contributed by atoms with Crippen LogP contribution in [0.4, 0.5) is 0 Å². The zero-order chi connectivity index (χ0) is 20.2. The average molecular weight is 404 g/mol. The molecule has 5 heterocycles. The summed E-state index contributed by atoms with van der Waals surface area (Å²) in [5.74, 6) is 1.55. The smallest absolute Gasteiger partial charge is 0.270 e. The predicted molar refractivity (Wildman–Crippen MR) is 105 cm³/mol. The first kappa shape index (κ1) is 17.3. The summed E-state index contributed by atoms with van der Waals surface area (Å²) in [6, 6.07) is 1.85. The van der Waals surface area contributed by atoms with Crippen LogP contribution < -0.4 is 0 Å². The fourth-order valence-electron chi connectivity index (χ4n) is 4.24. The van der Waals surface area contributed by atoms with Gasteiger partial charge in [-0.15, -0.1) is 5.10 Å². The monoisotopic (exact) mass is 404 g/mol. The molecule has 2 fully saturated rings. The van der Waals surface area contributed by atoms with Crippen molar-refractivity contribution in [3.8, 4) is 11.4 Å². The maximum absolute atomic E-state index is 13.0. The number of amides is 1. The Bertz CT molecular complexity index is 1200. The summed E-state index contributed by atoms with van der Waals surface area (Å²) in [6.07, 6.45) is 8.82. The van der Waals surface area contributed by atoms with E-state index in [0.717, 1.165) is 35.4 Å². The summed E-state index contributed by atoms with van der Waals surface area (Å²) in [5, 5.41) is 9.50. The summed E-state index contributed by atoms with van der Waals surface area (Å²) >= 11 is 0. The van der Waals surface area contributed by atoms with Crippen molar-refractivity contribution in [2.75, 3.05) is 13.1 Å². The second-order valence-corrected chi connectivity index (χ2v) is 8.19. The van der Waals surface area contributed by atoms with Gasteiger partial charge in [-0.25, -0.2) is 19.6 Å². The Morgan fingerprint density at radius 1 is 1.27 bits per heavy atom. The SMILES string of the molecule is C[C@@H]1CN(C(=O)c2cc3cncnc3[nH]2)C[C@H]1n1cc(-c2ncoc2C2CC2)nn1. The van der Waals surface area contributed by atoms with E-state index < -0.39 is 0 Å². The van der Waals surface area contributed by atoms with Crippen LogP contribution in [0.25, 0.3) is 22.4 Å². The van der Waals surface area contributed by atoms with Crippen molar-refractivity contribution in [1.82, 2.24) is 39.8 Å². The Morgan fingerprint density at radius 2 is 2.17 bits per heavy atom. The molecule has 0 spiro atoms. The van der Waals surface area contributed by atoms with Gasteiger partial charge in [0.25, 0.3) is 5.91 Å². The number of likely N-dealkylation sites (tertiary alicyclic amines) is 1. The molecule has 1 aliphatic carbocycles. The number of aromatic amines is 1. The predicted octanol–water partition coefficient (Wildman–Crippen LogP) is 2.42. The Balaban J connectivity index is 1.23. The van der Waals surface area contributed by atoms with Crippen LogP contribution in [0.15, 0.2) is 35.6 Å². The number of carbonyl (C=O) groups excluding carboxylic acids is 1. The van der Waals surface area contributed by atoms with Crippen molar-refractivity contribution in [2.24, 2.45) is 5.92 Å². The fourth-order valence-corrected chi connectivity index (χ4v) is 4.24. The number of H-pyrrole nitrogens is 1. The van der Waals surface area contributed by atoms with Crippen LogP contribution >= 0.6 is 0 Å². The van der Waals surface area contributed by atoms with Gasteiger partial charge in [-0.3, -0.25) is 4.79 Å². The van der Waals surface area contributed by atoms with E-state index in [9.17, 15) is 4.79 Å². The van der Waals surface area contributed by atoms with Gasteiger partial charge in [0.15, 0.2) is 6.39 Å². The molecule has 0 radical (unpaired) electrons. The van der Waals surface area contributed by atoms with E-state index in [1.165, 1.54) is 12.7 Å². The zero-order valence-electron chi connectivity index (χ0n) is 16.4. The second-order valence-electron chi connectivity index (χ2n) is 8.19. The third kappa shape index (κ3) is 2.78. The lowest BCUT2D eigenvalue weighted by atomic mass is 10.1. The molecule has 0 bridgehead atoms. The van der Waals surface area contributed by atoms with Crippen LogP contribution in [0.5, 0.6) is 0 Å². The number of nitrogens with one attached hydrogen (secondary N) is 1. The Hall–Kier alpha value is -3.56. The molecule has 152 valence electrons. The molecule has 1 aliphatic heterocycles. The topological polar surface area (TPSA) is 119 Å². The first-order chi connectivity index (χ1) is 14.7. The van der Waals surface area contributed by atoms with Crippen LogP contribution in [0.2, 0.25) is 0 Å². The number of hydrogen-bond donors (Lipinski definition) is 1. The fraction of sp³-hybridized carbons (Fsp3) is 0.400. The lowest BCUT2D eigenvalue weighted by Crippen LogP contribution is -2.29. The third-order valence-electron chi connectivity index (χ3n) is 6.02. The Morgan fingerprint density at radius 3 is 3.00 bits per heavy atom. The summed E-state index contributed by atoms with van der Waals surface area (Å²) in [5.41, 5.74) is 2.68. The molecule has 0 aromatic carbocycles. The molecule has 2 atom stereocenters. The molecule has 6 rings (SSSR count). The third-order valence-corrected chi connectivity index (χ3v) is 6.02.